The van der Waals surface area contributed by atoms with Crippen LogP contribution in [0.4, 0.5) is 47.7 Å². The molecule has 34 heteroatoms. The number of carbonyl (C=O) groups is 3. The van der Waals surface area contributed by atoms with E-state index in [1.807, 2.05) is 4.90 Å². The molecule has 0 spiro atoms. The van der Waals surface area contributed by atoms with Gasteiger partial charge in [-0.3, -0.25) is 19.4 Å². The van der Waals surface area contributed by atoms with E-state index < -0.39 is 35.6 Å². The van der Waals surface area contributed by atoms with Gasteiger partial charge < -0.3 is 63.4 Å². The van der Waals surface area contributed by atoms with E-state index in [2.05, 4.69) is 187 Å². The molecule has 12 heterocycles. The summed E-state index contributed by atoms with van der Waals surface area (Å²) >= 11 is 0. The Labute approximate surface area is 770 Å². The van der Waals surface area contributed by atoms with Gasteiger partial charge in [-0.05, 0) is 132 Å². The first-order valence-corrected chi connectivity index (χ1v) is 41.9. The van der Waals surface area contributed by atoms with Gasteiger partial charge >= 0.3 is 12.0 Å². The van der Waals surface area contributed by atoms with Gasteiger partial charge in [0.25, 0.3) is 11.8 Å². The van der Waals surface area contributed by atoms with Crippen molar-refractivity contribution in [3.8, 4) is 30.2 Å². The molecule has 5 fully saturated rings. The average molecular weight is 1810 g/mol. The molecule has 5 saturated heterocycles. The number of likely N-dealkylation sites (tertiary alicyclic amines) is 2. The van der Waals surface area contributed by atoms with Gasteiger partial charge in [-0.1, -0.05) is 93.4 Å². The molecule has 0 unspecified atom stereocenters. The molecule has 4 aromatic heterocycles. The van der Waals surface area contributed by atoms with Crippen molar-refractivity contribution in [2.75, 3.05) is 148 Å². The smallest absolute Gasteiger partial charge is 0.318 e. The maximum atomic E-state index is 14.2. The van der Waals surface area contributed by atoms with E-state index in [1.165, 1.54) is 66.0 Å². The SMILES string of the molecule is C=C(C)C(=O)N1CCN(c2ncnc3c2CCN(c2cccc4ccccc24)C3)C[C@@H]1CC#N.C=C(F)C(=O)N1CCN(c2nc(OC[C@@H]3CCCN3C)nc3c2CCN(c2cccc4cccc(CC)c24)C3)C[C@@H]1CC#N.C=C(F)C(=O)N1CCN(c2nc(OC[C@@H]3CCCN3C)nc3c2CCN(c2cncc4ccc(F)cc24)C3)C[C@@H]1CC#N.S.S.S.S.S. The number of nitrogens with zero attached hydrogens (tertiary/aromatic N) is 21. The van der Waals surface area contributed by atoms with Gasteiger partial charge in [0.2, 0.25) is 5.91 Å². The number of aryl methyl sites for hydroxylation is 1. The minimum atomic E-state index is -1.04. The van der Waals surface area contributed by atoms with Crippen LogP contribution in [0.25, 0.3) is 32.3 Å². The van der Waals surface area contributed by atoms with E-state index in [4.69, 9.17) is 29.4 Å². The minimum absolute atomic E-state index is 0. The van der Waals surface area contributed by atoms with Crippen LogP contribution in [0.15, 0.2) is 153 Å². The number of hydrogen-bond acceptors (Lipinski definition) is 23. The number of likely N-dealkylation sites (N-methyl/N-ethyl adjacent to an activating group) is 2. The first-order chi connectivity index (χ1) is 58.8. The maximum Gasteiger partial charge on any atom is 0.318 e. The van der Waals surface area contributed by atoms with E-state index in [9.17, 15) is 43.3 Å². The van der Waals surface area contributed by atoms with Crippen LogP contribution < -0.4 is 38.9 Å². The fourth-order valence-corrected chi connectivity index (χ4v) is 18.5. The molecule has 0 bridgehead atoms. The lowest BCUT2D eigenvalue weighted by Crippen LogP contribution is -2.55. The minimum Gasteiger partial charge on any atom is -0.462 e. The number of rotatable bonds is 19. The number of nitriles is 3. The molecule has 26 nitrogen and oxygen atoms in total. The lowest BCUT2D eigenvalue weighted by molar-refractivity contribution is -0.132. The number of piperazine rings is 3. The Bertz CT molecular complexity index is 5580. The van der Waals surface area contributed by atoms with Gasteiger partial charge in [0.05, 0.1) is 104 Å². The maximum absolute atomic E-state index is 14.2. The van der Waals surface area contributed by atoms with Crippen LogP contribution in [-0.4, -0.2) is 226 Å². The fraction of sp³-hybridized carbons (Fsp3) is 0.424. The van der Waals surface area contributed by atoms with Crippen molar-refractivity contribution in [2.45, 2.75) is 134 Å². The number of anilines is 6. The predicted octanol–water partition coefficient (Wildman–Crippen LogP) is 12.5. The summed E-state index contributed by atoms with van der Waals surface area (Å²) in [5.41, 5.74) is 11.0. The molecule has 126 heavy (non-hydrogen) atoms. The number of halogens is 3. The number of benzene rings is 5. The zero-order chi connectivity index (χ0) is 84.5. The van der Waals surface area contributed by atoms with Gasteiger partial charge in [0.15, 0.2) is 11.7 Å². The molecular formula is C92H112F3N21O5S5. The van der Waals surface area contributed by atoms with Gasteiger partial charge in [0.1, 0.15) is 42.8 Å². The molecule has 666 valence electrons. The molecule has 5 aromatic carbocycles. The Morgan fingerprint density at radius 1 is 0.476 bits per heavy atom. The second-order valence-corrected chi connectivity index (χ2v) is 32.5. The molecule has 0 radical (unpaired) electrons. The lowest BCUT2D eigenvalue weighted by atomic mass is 9.98. The number of pyridine rings is 1. The Morgan fingerprint density at radius 3 is 1.44 bits per heavy atom. The highest BCUT2D eigenvalue weighted by Crippen LogP contribution is 2.41. The van der Waals surface area contributed by atoms with Crippen LogP contribution in [-0.2, 0) is 59.7 Å². The average Bonchev–Trinajstić information content (AvgIpc) is 1.34. The molecule has 0 aliphatic carbocycles. The highest BCUT2D eigenvalue weighted by Gasteiger charge is 2.40. The number of carbonyl (C=O) groups excluding carboxylic acids is 3. The van der Waals surface area contributed by atoms with E-state index in [-0.39, 0.29) is 130 Å². The second kappa shape index (κ2) is 44.1. The Hall–Kier alpha value is -10.8. The summed E-state index contributed by atoms with van der Waals surface area (Å²) in [4.78, 5) is 93.5. The Kier molecular flexibility index (Phi) is 34.1. The zero-order valence-corrected chi connectivity index (χ0v) is 76.8. The third kappa shape index (κ3) is 21.4. The highest BCUT2D eigenvalue weighted by atomic mass is 32.1. The second-order valence-electron chi connectivity index (χ2n) is 32.5. The molecule has 8 aliphatic heterocycles. The van der Waals surface area contributed by atoms with Crippen LogP contribution >= 0.6 is 67.5 Å². The Morgan fingerprint density at radius 2 is 0.937 bits per heavy atom. The van der Waals surface area contributed by atoms with Crippen molar-refractivity contribution in [3.63, 3.8) is 0 Å². The van der Waals surface area contributed by atoms with E-state index in [0.29, 0.717) is 109 Å². The molecule has 3 amide bonds. The first-order valence-electron chi connectivity index (χ1n) is 41.9. The highest BCUT2D eigenvalue weighted by molar-refractivity contribution is 7.60. The molecule has 0 N–H and O–H groups in total. The topological polar surface area (TPSA) is 267 Å². The van der Waals surface area contributed by atoms with Gasteiger partial charge in [-0.25, -0.2) is 23.1 Å². The van der Waals surface area contributed by atoms with Crippen molar-refractivity contribution >= 4 is 152 Å². The normalized spacial score (nSPS) is 19.0. The summed E-state index contributed by atoms with van der Waals surface area (Å²) in [5, 5.41) is 35.0. The third-order valence-corrected chi connectivity index (χ3v) is 25.0. The van der Waals surface area contributed by atoms with Crippen LogP contribution in [0.3, 0.4) is 0 Å². The Balaban J connectivity index is 0.000000195. The van der Waals surface area contributed by atoms with Gasteiger partial charge in [-0.2, -0.15) is 103 Å². The van der Waals surface area contributed by atoms with Crippen LogP contribution in [0.2, 0.25) is 0 Å². The van der Waals surface area contributed by atoms with Crippen molar-refractivity contribution in [1.82, 2.24) is 59.4 Å². The van der Waals surface area contributed by atoms with Crippen molar-refractivity contribution in [2.24, 2.45) is 0 Å². The lowest BCUT2D eigenvalue weighted by Gasteiger charge is -2.42. The quantitative estimate of drug-likeness (QED) is 0.0681. The van der Waals surface area contributed by atoms with Crippen molar-refractivity contribution < 1.29 is 37.0 Å². The monoisotopic (exact) mass is 1810 g/mol. The van der Waals surface area contributed by atoms with E-state index >= 15 is 0 Å². The predicted molar refractivity (Wildman–Crippen MR) is 513 cm³/mol. The molecule has 8 aliphatic rings. The third-order valence-electron chi connectivity index (χ3n) is 25.0. The number of hydrogen-bond donors (Lipinski definition) is 0. The molecule has 5 atom stereocenters. The van der Waals surface area contributed by atoms with E-state index in [0.717, 1.165) is 134 Å². The first kappa shape index (κ1) is 97.4. The fourth-order valence-electron chi connectivity index (χ4n) is 18.5. The molecule has 17 rings (SSSR count). The molecule has 9 aromatic rings. The summed E-state index contributed by atoms with van der Waals surface area (Å²) in [6, 6.07) is 39.2. The van der Waals surface area contributed by atoms with Gasteiger partial charge in [0, 0.05) is 152 Å². The standard InChI is InChI=1S/C34H40FN7O2.C31H34F2N8O2.C27H28N6O.5H2S/c1-4-24-8-5-9-25-10-6-12-30(31(24)25)40-17-14-28-29(21-40)37-34(44-22-27-11-7-16-39(27)3)38-32(28)41-18-19-42(33(43)23(2)35)26(20-41)13-15-36;1-20(32)30(42)41-13-12-40(17-23(41)7-9-34)29-25-8-11-39(28-16-35-15-21-5-6-22(33)14-26(21)28)18-27(25)36-31(37-29)43-19-24-4-3-10-38(24)2;1-19(2)27(34)33-15-14-32(16-21(33)10-12-28)26-23-11-13-31(17-24(23)29-18-30-26)25-9-5-7-20-6-3-4-8-22(20)25;;;;;/h5-6,8-10,12,26-27H,2,4,7,11,13-14,16-22H2,1,3H3;5-6,14-16,23-24H,1,3-4,7-8,10-13,17-19H2,2H3;3-9,18,21H,1,10-11,13-17H2,2H3;5*1H2/t26-,27-;23-,24-;21-;;;;;/m000...../s1. The molecular weight excluding hydrogens is 1700 g/mol. The summed E-state index contributed by atoms with van der Waals surface area (Å²) < 4.78 is 54.3. The summed E-state index contributed by atoms with van der Waals surface area (Å²) in [5.74, 6) is -1.54. The summed E-state index contributed by atoms with van der Waals surface area (Å²) in [6.07, 6.45) is 13.1. The number of fused-ring (bicyclic) bond motifs is 6. The summed E-state index contributed by atoms with van der Waals surface area (Å²) in [7, 11) is 4.20. The van der Waals surface area contributed by atoms with Gasteiger partial charge in [-0.15, -0.1) is 0 Å². The van der Waals surface area contributed by atoms with Crippen LogP contribution in [0.1, 0.15) is 98.1 Å². The molecule has 0 saturated carbocycles. The number of amides is 3. The number of aromatic nitrogens is 7. The van der Waals surface area contributed by atoms with Crippen LogP contribution in [0.5, 0.6) is 12.0 Å². The number of ether oxygens (including phenoxy) is 2. The summed E-state index contributed by atoms with van der Waals surface area (Å²) in [6.45, 7) is 25.1. The van der Waals surface area contributed by atoms with Crippen LogP contribution in [0, 0.1) is 39.8 Å². The van der Waals surface area contributed by atoms with E-state index in [1.54, 1.807) is 36.6 Å². The largest absolute Gasteiger partial charge is 0.462 e. The van der Waals surface area contributed by atoms with Crippen molar-refractivity contribution in [1.29, 1.82) is 15.8 Å². The zero-order valence-electron chi connectivity index (χ0n) is 71.8. The van der Waals surface area contributed by atoms with Crippen molar-refractivity contribution in [3.05, 3.63) is 198 Å².